The molecule has 0 atom stereocenters. The number of anilines is 3. The Bertz CT molecular complexity index is 779. The Morgan fingerprint density at radius 3 is 2.45 bits per heavy atom. The van der Waals surface area contributed by atoms with Crippen molar-refractivity contribution in [2.75, 3.05) is 11.1 Å². The van der Waals surface area contributed by atoms with Gasteiger partial charge in [-0.2, -0.15) is 0 Å². The number of nitrogens with two attached hydrogens (primary N) is 1. The van der Waals surface area contributed by atoms with E-state index in [1.165, 1.54) is 6.07 Å². The van der Waals surface area contributed by atoms with Gasteiger partial charge in [-0.25, -0.2) is 8.78 Å². The number of nitrogens with one attached hydrogen (secondary N) is 1. The molecule has 0 aliphatic heterocycles. The molecule has 0 aromatic heterocycles. The molecule has 100 valence electrons. The average molecular weight is 270 g/mol. The molecule has 3 aromatic rings. The second kappa shape index (κ2) is 4.81. The highest BCUT2D eigenvalue weighted by Gasteiger charge is 2.12. The quantitative estimate of drug-likeness (QED) is 0.675. The Labute approximate surface area is 114 Å². The third-order valence-corrected chi connectivity index (χ3v) is 3.18. The Balaban J connectivity index is 2.13. The number of fused-ring (bicyclic) bond motifs is 1. The van der Waals surface area contributed by atoms with E-state index in [1.54, 1.807) is 6.07 Å². The third-order valence-electron chi connectivity index (χ3n) is 3.18. The van der Waals surface area contributed by atoms with Crippen LogP contribution in [0.1, 0.15) is 0 Å². The topological polar surface area (TPSA) is 38.0 Å². The van der Waals surface area contributed by atoms with Crippen molar-refractivity contribution in [1.82, 2.24) is 0 Å². The first kappa shape index (κ1) is 12.4. The molecule has 0 unspecified atom stereocenters. The highest BCUT2D eigenvalue weighted by atomic mass is 19.2. The zero-order valence-corrected chi connectivity index (χ0v) is 10.5. The molecule has 0 amide bonds. The van der Waals surface area contributed by atoms with Crippen LogP contribution in [0.15, 0.2) is 54.6 Å². The molecule has 3 aromatic carbocycles. The van der Waals surface area contributed by atoms with Gasteiger partial charge in [-0.1, -0.05) is 36.4 Å². The van der Waals surface area contributed by atoms with E-state index in [0.29, 0.717) is 5.69 Å². The van der Waals surface area contributed by atoms with Crippen LogP contribution in [-0.2, 0) is 0 Å². The van der Waals surface area contributed by atoms with E-state index in [1.807, 2.05) is 36.4 Å². The van der Waals surface area contributed by atoms with Gasteiger partial charge in [0.2, 0.25) is 0 Å². The minimum Gasteiger partial charge on any atom is -0.397 e. The van der Waals surface area contributed by atoms with Crippen LogP contribution in [-0.4, -0.2) is 0 Å². The molecule has 0 bridgehead atoms. The molecule has 0 heterocycles. The van der Waals surface area contributed by atoms with Crippen LogP contribution in [0.5, 0.6) is 0 Å². The van der Waals surface area contributed by atoms with E-state index >= 15 is 0 Å². The van der Waals surface area contributed by atoms with Gasteiger partial charge < -0.3 is 11.1 Å². The van der Waals surface area contributed by atoms with Crippen molar-refractivity contribution < 1.29 is 8.78 Å². The summed E-state index contributed by atoms with van der Waals surface area (Å²) in [6.45, 7) is 0. The Morgan fingerprint density at radius 1 is 0.850 bits per heavy atom. The first-order valence-electron chi connectivity index (χ1n) is 6.15. The van der Waals surface area contributed by atoms with Crippen LogP contribution in [0.4, 0.5) is 25.8 Å². The molecule has 0 spiro atoms. The number of halogens is 2. The van der Waals surface area contributed by atoms with Crippen LogP contribution in [0.2, 0.25) is 0 Å². The molecule has 2 nitrogen and oxygen atoms in total. The minimum atomic E-state index is -0.974. The summed E-state index contributed by atoms with van der Waals surface area (Å²) in [6.07, 6.45) is 0. The number of hydrogen-bond acceptors (Lipinski definition) is 2. The van der Waals surface area contributed by atoms with E-state index in [9.17, 15) is 8.78 Å². The molecule has 20 heavy (non-hydrogen) atoms. The molecule has 0 radical (unpaired) electrons. The van der Waals surface area contributed by atoms with Gasteiger partial charge in [-0.3, -0.25) is 0 Å². The molecule has 0 aliphatic carbocycles. The van der Waals surface area contributed by atoms with Crippen LogP contribution in [0.25, 0.3) is 10.8 Å². The van der Waals surface area contributed by atoms with E-state index in [4.69, 9.17) is 5.73 Å². The summed E-state index contributed by atoms with van der Waals surface area (Å²) in [7, 11) is 0. The predicted octanol–water partition coefficient (Wildman–Crippen LogP) is 4.44. The maximum Gasteiger partial charge on any atom is 0.184 e. The Hall–Kier alpha value is -2.62. The summed E-state index contributed by atoms with van der Waals surface area (Å²) < 4.78 is 27.1. The molecule has 0 saturated carbocycles. The van der Waals surface area contributed by atoms with Crippen LogP contribution < -0.4 is 11.1 Å². The fourth-order valence-electron chi connectivity index (χ4n) is 2.16. The maximum atomic E-state index is 13.8. The van der Waals surface area contributed by atoms with Gasteiger partial charge >= 0.3 is 0 Å². The van der Waals surface area contributed by atoms with Crippen LogP contribution in [0.3, 0.4) is 0 Å². The van der Waals surface area contributed by atoms with Gasteiger partial charge in [-0.15, -0.1) is 0 Å². The van der Waals surface area contributed by atoms with Gasteiger partial charge in [0.05, 0.1) is 5.69 Å². The second-order valence-corrected chi connectivity index (χ2v) is 4.48. The molecule has 0 saturated heterocycles. The van der Waals surface area contributed by atoms with Crippen molar-refractivity contribution in [2.24, 2.45) is 0 Å². The van der Waals surface area contributed by atoms with E-state index in [2.05, 4.69) is 5.32 Å². The fraction of sp³-hybridized carbons (Fsp3) is 0. The summed E-state index contributed by atoms with van der Waals surface area (Å²) in [5.74, 6) is -1.90. The van der Waals surface area contributed by atoms with Crippen LogP contribution in [0, 0.1) is 11.6 Å². The summed E-state index contributed by atoms with van der Waals surface area (Å²) in [5, 5.41) is 4.81. The second-order valence-electron chi connectivity index (χ2n) is 4.48. The summed E-state index contributed by atoms with van der Waals surface area (Å²) in [5.41, 5.74) is 6.52. The summed E-state index contributed by atoms with van der Waals surface area (Å²) in [4.78, 5) is 0. The summed E-state index contributed by atoms with van der Waals surface area (Å²) in [6, 6.07) is 15.6. The first-order valence-corrected chi connectivity index (χ1v) is 6.15. The molecule has 3 N–H and O–H groups in total. The minimum absolute atomic E-state index is 0.0404. The Morgan fingerprint density at radius 2 is 1.60 bits per heavy atom. The van der Waals surface area contributed by atoms with Gasteiger partial charge in [0.25, 0.3) is 0 Å². The fourth-order valence-corrected chi connectivity index (χ4v) is 2.16. The smallest absolute Gasteiger partial charge is 0.184 e. The highest BCUT2D eigenvalue weighted by molar-refractivity contribution is 5.96. The molecule has 0 fully saturated rings. The summed E-state index contributed by atoms with van der Waals surface area (Å²) >= 11 is 0. The van der Waals surface area contributed by atoms with Crippen molar-refractivity contribution in [3.8, 4) is 0 Å². The number of rotatable bonds is 2. The third kappa shape index (κ3) is 2.05. The predicted molar refractivity (Wildman–Crippen MR) is 78.0 cm³/mol. The van der Waals surface area contributed by atoms with E-state index < -0.39 is 11.6 Å². The zero-order chi connectivity index (χ0) is 14.1. The van der Waals surface area contributed by atoms with Gasteiger partial charge in [-0.05, 0) is 23.6 Å². The number of benzene rings is 3. The van der Waals surface area contributed by atoms with Crippen molar-refractivity contribution in [3.05, 3.63) is 66.2 Å². The monoisotopic (exact) mass is 270 g/mol. The van der Waals surface area contributed by atoms with Gasteiger partial charge in [0, 0.05) is 11.1 Å². The standard InChI is InChI=1S/C16H12F2N2/c17-12-8-9-13(19)16(15(12)18)20-14-7-3-5-10-4-1-2-6-11(10)14/h1-9,20H,19H2. The van der Waals surface area contributed by atoms with E-state index in [0.717, 1.165) is 16.8 Å². The molecular weight excluding hydrogens is 258 g/mol. The van der Waals surface area contributed by atoms with Crippen molar-refractivity contribution >= 4 is 27.8 Å². The highest BCUT2D eigenvalue weighted by Crippen LogP contribution is 2.31. The van der Waals surface area contributed by atoms with Gasteiger partial charge in [0.1, 0.15) is 5.69 Å². The molecule has 3 rings (SSSR count). The number of hydrogen-bond donors (Lipinski definition) is 2. The molecule has 4 heteroatoms. The number of nitrogen functional groups attached to an aromatic ring is 1. The van der Waals surface area contributed by atoms with E-state index in [-0.39, 0.29) is 11.4 Å². The SMILES string of the molecule is Nc1ccc(F)c(F)c1Nc1cccc2ccccc12. The largest absolute Gasteiger partial charge is 0.397 e. The first-order chi connectivity index (χ1) is 9.66. The lowest BCUT2D eigenvalue weighted by atomic mass is 10.1. The average Bonchev–Trinajstić information content (AvgIpc) is 2.48. The molecular formula is C16H12F2N2. The zero-order valence-electron chi connectivity index (χ0n) is 10.5. The Kier molecular flexibility index (Phi) is 2.99. The van der Waals surface area contributed by atoms with Crippen molar-refractivity contribution in [3.63, 3.8) is 0 Å². The maximum absolute atomic E-state index is 13.8. The normalized spacial score (nSPS) is 10.7. The van der Waals surface area contributed by atoms with Crippen LogP contribution >= 0.6 is 0 Å². The van der Waals surface area contributed by atoms with Crippen molar-refractivity contribution in [1.29, 1.82) is 0 Å². The molecule has 0 aliphatic rings. The lowest BCUT2D eigenvalue weighted by Gasteiger charge is -2.13. The van der Waals surface area contributed by atoms with Gasteiger partial charge in [0.15, 0.2) is 11.6 Å². The lowest BCUT2D eigenvalue weighted by Crippen LogP contribution is -2.01. The van der Waals surface area contributed by atoms with Crippen molar-refractivity contribution in [2.45, 2.75) is 0 Å². The lowest BCUT2D eigenvalue weighted by molar-refractivity contribution is 0.512.